The maximum atomic E-state index is 12.6. The lowest BCUT2D eigenvalue weighted by atomic mass is 10.2. The number of hydrogen-bond donors (Lipinski definition) is 0. The van der Waals surface area contributed by atoms with Crippen LogP contribution < -0.4 is 4.90 Å². The van der Waals surface area contributed by atoms with Gasteiger partial charge in [0.15, 0.2) is 0 Å². The number of aromatic nitrogens is 2. The molecule has 0 unspecified atom stereocenters. The van der Waals surface area contributed by atoms with Crippen LogP contribution in [0.3, 0.4) is 0 Å². The number of benzene rings is 1. The van der Waals surface area contributed by atoms with Crippen LogP contribution in [0.2, 0.25) is 0 Å². The first kappa shape index (κ1) is 17.3. The number of carbonyl (C=O) groups excluding carboxylic acids is 1. The van der Waals surface area contributed by atoms with Gasteiger partial charge in [-0.2, -0.15) is 0 Å². The Hall–Kier alpha value is -2.53. The number of anilines is 1. The third-order valence-corrected chi connectivity index (χ3v) is 4.90. The molecule has 0 saturated heterocycles. The molecule has 0 bridgehead atoms. The predicted octanol–water partition coefficient (Wildman–Crippen LogP) is 4.50. The molecular formula is C20H21N3OS. The van der Waals surface area contributed by atoms with Crippen LogP contribution in [0.5, 0.6) is 0 Å². The highest BCUT2D eigenvalue weighted by molar-refractivity contribution is 7.09. The van der Waals surface area contributed by atoms with E-state index in [4.69, 9.17) is 0 Å². The van der Waals surface area contributed by atoms with Crippen LogP contribution in [0.15, 0.2) is 54.2 Å². The van der Waals surface area contributed by atoms with Crippen molar-refractivity contribution in [2.75, 3.05) is 11.4 Å². The van der Waals surface area contributed by atoms with Gasteiger partial charge in [-0.25, -0.2) is 4.98 Å². The molecule has 0 aliphatic carbocycles. The van der Waals surface area contributed by atoms with Gasteiger partial charge < -0.3 is 4.90 Å². The van der Waals surface area contributed by atoms with Crippen molar-refractivity contribution < 1.29 is 4.79 Å². The van der Waals surface area contributed by atoms with Crippen LogP contribution in [-0.2, 0) is 11.2 Å². The predicted molar refractivity (Wildman–Crippen MR) is 103 cm³/mol. The van der Waals surface area contributed by atoms with Crippen LogP contribution in [-0.4, -0.2) is 22.4 Å². The average molecular weight is 351 g/mol. The van der Waals surface area contributed by atoms with E-state index in [9.17, 15) is 4.79 Å². The topological polar surface area (TPSA) is 46.1 Å². The molecule has 0 N–H and O–H groups in total. The van der Waals surface area contributed by atoms with Gasteiger partial charge >= 0.3 is 0 Å². The summed E-state index contributed by atoms with van der Waals surface area (Å²) in [6, 6.07) is 12.0. The summed E-state index contributed by atoms with van der Waals surface area (Å²) < 4.78 is 0. The van der Waals surface area contributed by atoms with Gasteiger partial charge in [-0.1, -0.05) is 12.1 Å². The minimum Gasteiger partial charge on any atom is -0.313 e. The highest BCUT2D eigenvalue weighted by Crippen LogP contribution is 2.22. The van der Waals surface area contributed by atoms with Gasteiger partial charge in [0.05, 0.1) is 10.7 Å². The van der Waals surface area contributed by atoms with Gasteiger partial charge in [0.1, 0.15) is 0 Å². The molecular weight excluding hydrogens is 330 g/mol. The molecule has 0 spiro atoms. The zero-order valence-electron chi connectivity index (χ0n) is 14.5. The lowest BCUT2D eigenvalue weighted by molar-refractivity contribution is -0.118. The second-order valence-electron chi connectivity index (χ2n) is 5.85. The Bertz CT molecular complexity index is 845. The van der Waals surface area contributed by atoms with E-state index < -0.39 is 0 Å². The Morgan fingerprint density at radius 1 is 1.24 bits per heavy atom. The molecule has 0 atom stereocenters. The Morgan fingerprint density at radius 3 is 2.84 bits per heavy atom. The summed E-state index contributed by atoms with van der Waals surface area (Å²) in [5.74, 6) is 0.131. The van der Waals surface area contributed by atoms with E-state index in [1.54, 1.807) is 23.7 Å². The molecule has 4 nitrogen and oxygen atoms in total. The van der Waals surface area contributed by atoms with Crippen LogP contribution in [0.25, 0.3) is 11.3 Å². The summed E-state index contributed by atoms with van der Waals surface area (Å²) in [5, 5.41) is 3.00. The van der Waals surface area contributed by atoms with Crippen LogP contribution in [0, 0.1) is 6.92 Å². The molecule has 3 aromatic rings. The first-order valence-corrected chi connectivity index (χ1v) is 9.27. The number of rotatable bonds is 6. The van der Waals surface area contributed by atoms with Crippen molar-refractivity contribution in [1.29, 1.82) is 0 Å². The van der Waals surface area contributed by atoms with E-state index in [0.717, 1.165) is 27.5 Å². The van der Waals surface area contributed by atoms with Gasteiger partial charge in [-0.3, -0.25) is 9.78 Å². The zero-order chi connectivity index (χ0) is 17.6. The van der Waals surface area contributed by atoms with E-state index in [0.29, 0.717) is 19.4 Å². The number of amides is 1. The Kier molecular flexibility index (Phi) is 5.56. The second-order valence-corrected chi connectivity index (χ2v) is 6.79. The molecule has 2 heterocycles. The normalized spacial score (nSPS) is 10.6. The van der Waals surface area contributed by atoms with Crippen molar-refractivity contribution >= 4 is 22.9 Å². The number of carbonyl (C=O) groups is 1. The van der Waals surface area contributed by atoms with Crippen molar-refractivity contribution in [3.05, 3.63) is 64.7 Å². The van der Waals surface area contributed by atoms with Crippen molar-refractivity contribution in [1.82, 2.24) is 9.97 Å². The van der Waals surface area contributed by atoms with Crippen LogP contribution in [0.1, 0.15) is 23.9 Å². The molecule has 5 heteroatoms. The first-order valence-electron chi connectivity index (χ1n) is 8.39. The number of aryl methyl sites for hydroxylation is 2. The molecule has 1 amide bonds. The maximum Gasteiger partial charge on any atom is 0.227 e. The number of nitrogens with zero attached hydrogens (tertiary/aromatic N) is 3. The zero-order valence-corrected chi connectivity index (χ0v) is 15.3. The SMILES string of the molecule is CCN(C(=O)CCc1nc(-c2cccnc2)cs1)c1cccc(C)c1. The summed E-state index contributed by atoms with van der Waals surface area (Å²) in [4.78, 5) is 23.2. The molecule has 0 saturated carbocycles. The lowest BCUT2D eigenvalue weighted by Crippen LogP contribution is -2.30. The van der Waals surface area contributed by atoms with E-state index >= 15 is 0 Å². The van der Waals surface area contributed by atoms with Gasteiger partial charge in [0.25, 0.3) is 0 Å². The fraction of sp³-hybridized carbons (Fsp3) is 0.250. The van der Waals surface area contributed by atoms with Crippen molar-refractivity contribution in [3.63, 3.8) is 0 Å². The fourth-order valence-corrected chi connectivity index (χ4v) is 3.53. The van der Waals surface area contributed by atoms with E-state index in [-0.39, 0.29) is 5.91 Å². The number of pyridine rings is 1. The second kappa shape index (κ2) is 8.03. The standard InChI is InChI=1S/C20H21N3OS/c1-3-23(17-8-4-6-15(2)12-17)20(24)10-9-19-22-18(14-25-19)16-7-5-11-21-13-16/h4-8,11-14H,3,9-10H2,1-2H3. The average Bonchev–Trinajstić information content (AvgIpc) is 3.10. The molecule has 25 heavy (non-hydrogen) atoms. The van der Waals surface area contributed by atoms with Gasteiger partial charge in [0.2, 0.25) is 5.91 Å². The van der Waals surface area contributed by atoms with Crippen LogP contribution >= 0.6 is 11.3 Å². The lowest BCUT2D eigenvalue weighted by Gasteiger charge is -2.21. The highest BCUT2D eigenvalue weighted by Gasteiger charge is 2.15. The monoisotopic (exact) mass is 351 g/mol. The third-order valence-electron chi connectivity index (χ3n) is 3.99. The molecule has 0 aliphatic heterocycles. The highest BCUT2D eigenvalue weighted by atomic mass is 32.1. The fourth-order valence-electron chi connectivity index (χ4n) is 2.72. The summed E-state index contributed by atoms with van der Waals surface area (Å²) in [5.41, 5.74) is 4.05. The number of hydrogen-bond acceptors (Lipinski definition) is 4. The van der Waals surface area contributed by atoms with E-state index in [1.807, 2.05) is 60.5 Å². The summed E-state index contributed by atoms with van der Waals surface area (Å²) in [6.07, 6.45) is 4.68. The smallest absolute Gasteiger partial charge is 0.227 e. The maximum absolute atomic E-state index is 12.6. The van der Waals surface area contributed by atoms with Crippen LogP contribution in [0.4, 0.5) is 5.69 Å². The summed E-state index contributed by atoms with van der Waals surface area (Å²) in [6.45, 7) is 4.71. The van der Waals surface area contributed by atoms with Crippen molar-refractivity contribution in [2.24, 2.45) is 0 Å². The Labute approximate surface area is 152 Å². The summed E-state index contributed by atoms with van der Waals surface area (Å²) >= 11 is 1.59. The summed E-state index contributed by atoms with van der Waals surface area (Å²) in [7, 11) is 0. The molecule has 2 aromatic heterocycles. The Morgan fingerprint density at radius 2 is 2.12 bits per heavy atom. The van der Waals surface area contributed by atoms with Crippen molar-refractivity contribution in [3.8, 4) is 11.3 Å². The van der Waals surface area contributed by atoms with Gasteiger partial charge in [0, 0.05) is 48.4 Å². The Balaban J connectivity index is 1.65. The van der Waals surface area contributed by atoms with E-state index in [1.165, 1.54) is 0 Å². The van der Waals surface area contributed by atoms with E-state index in [2.05, 4.69) is 9.97 Å². The quantitative estimate of drug-likeness (QED) is 0.657. The minimum absolute atomic E-state index is 0.131. The van der Waals surface area contributed by atoms with Gasteiger partial charge in [-0.15, -0.1) is 11.3 Å². The molecule has 0 radical (unpaired) electrons. The third kappa shape index (κ3) is 4.31. The molecule has 0 aliphatic rings. The van der Waals surface area contributed by atoms with Crippen molar-refractivity contribution in [2.45, 2.75) is 26.7 Å². The number of thiazole rings is 1. The molecule has 1 aromatic carbocycles. The first-order chi connectivity index (χ1) is 12.2. The molecule has 128 valence electrons. The largest absolute Gasteiger partial charge is 0.313 e. The molecule has 3 rings (SSSR count). The minimum atomic E-state index is 0.131. The molecule has 0 fully saturated rings. The van der Waals surface area contributed by atoms with Gasteiger partial charge in [-0.05, 0) is 43.7 Å².